The first-order valence-electron chi connectivity index (χ1n) is 10.3. The third kappa shape index (κ3) is 5.68. The molecule has 2 aliphatic rings. The van der Waals surface area contributed by atoms with E-state index < -0.39 is 5.92 Å². The number of dihydropyridines is 1. The molecule has 30 heavy (non-hydrogen) atoms. The maximum Gasteiger partial charge on any atom is 0.255 e. The van der Waals surface area contributed by atoms with Gasteiger partial charge in [-0.05, 0) is 30.5 Å². The lowest BCUT2D eigenvalue weighted by Gasteiger charge is -2.31. The predicted molar refractivity (Wildman–Crippen MR) is 121 cm³/mol. The Labute approximate surface area is 178 Å². The van der Waals surface area contributed by atoms with Crippen molar-refractivity contribution in [3.8, 4) is 0 Å². The molecule has 1 amide bonds. The fourth-order valence-electron chi connectivity index (χ4n) is 3.21. The molecule has 4 rings (SSSR count). The molecule has 0 aliphatic carbocycles. The molecular formula is C23H34F2N4O. The van der Waals surface area contributed by atoms with Crippen molar-refractivity contribution in [1.82, 2.24) is 19.8 Å². The zero-order chi connectivity index (χ0) is 21.4. The highest BCUT2D eigenvalue weighted by molar-refractivity contribution is 5.97. The summed E-state index contributed by atoms with van der Waals surface area (Å²) in [6.45, 7) is 8.86. The molecule has 0 radical (unpaired) electrons. The van der Waals surface area contributed by atoms with Crippen molar-refractivity contribution in [3.05, 3.63) is 48.4 Å². The number of carbonyl (C=O) groups is 1. The van der Waals surface area contributed by atoms with Crippen LogP contribution < -0.4 is 5.32 Å². The monoisotopic (exact) mass is 420 g/mol. The molecule has 2 aromatic rings. The number of nitrogens with zero attached hydrogens (tertiary/aromatic N) is 3. The minimum Gasteiger partial charge on any atom is -0.385 e. The van der Waals surface area contributed by atoms with E-state index in [1.165, 1.54) is 11.1 Å². The van der Waals surface area contributed by atoms with Crippen LogP contribution in [-0.4, -0.2) is 45.9 Å². The molecule has 4 heterocycles. The number of hydrogen-bond acceptors (Lipinski definition) is 3. The Bertz CT molecular complexity index is 876. The van der Waals surface area contributed by atoms with Gasteiger partial charge in [-0.15, -0.1) is 0 Å². The summed E-state index contributed by atoms with van der Waals surface area (Å²) in [6, 6.07) is 3.68. The second-order valence-electron chi connectivity index (χ2n) is 6.37. The number of fused-ring (bicyclic) bond motifs is 1. The minimum atomic E-state index is -2.66. The molecule has 0 atom stereocenters. The predicted octanol–water partition coefficient (Wildman–Crippen LogP) is 5.55. The summed E-state index contributed by atoms with van der Waals surface area (Å²) in [4.78, 5) is 18.5. The number of hydrogen-bond donors (Lipinski definition) is 1. The number of nitrogens with one attached hydrogen (secondary N) is 1. The maximum absolute atomic E-state index is 13.3. The first-order chi connectivity index (χ1) is 14.0. The SMILES string of the molecule is C.CC.CC.O=C(c1cnc2c(ccn2C2=CC=CNC2)c1)N1CCC(F)(F)CC1. The van der Waals surface area contributed by atoms with Crippen LogP contribution in [0.4, 0.5) is 8.78 Å². The number of piperidine rings is 1. The highest BCUT2D eigenvalue weighted by Crippen LogP contribution is 2.28. The third-order valence-corrected chi connectivity index (χ3v) is 4.65. The summed E-state index contributed by atoms with van der Waals surface area (Å²) < 4.78 is 28.5. The average Bonchev–Trinajstić information content (AvgIpc) is 3.20. The average molecular weight is 421 g/mol. The lowest BCUT2D eigenvalue weighted by Crippen LogP contribution is -2.42. The Balaban J connectivity index is 0.000000851. The van der Waals surface area contributed by atoms with E-state index in [2.05, 4.69) is 10.3 Å². The van der Waals surface area contributed by atoms with Crippen LogP contribution >= 0.6 is 0 Å². The van der Waals surface area contributed by atoms with E-state index in [4.69, 9.17) is 0 Å². The molecule has 0 unspecified atom stereocenters. The van der Waals surface area contributed by atoms with Gasteiger partial charge in [0.1, 0.15) is 5.65 Å². The number of alkyl halides is 2. The number of carbonyl (C=O) groups excluding carboxylic acids is 1. The fourth-order valence-corrected chi connectivity index (χ4v) is 3.21. The molecule has 1 N–H and O–H groups in total. The van der Waals surface area contributed by atoms with Crippen LogP contribution in [0.2, 0.25) is 0 Å². The lowest BCUT2D eigenvalue weighted by atomic mass is 10.1. The first kappa shape index (κ1) is 25.3. The first-order valence-corrected chi connectivity index (χ1v) is 10.3. The molecule has 2 aromatic heterocycles. The van der Waals surface area contributed by atoms with E-state index in [0.717, 1.165) is 16.7 Å². The zero-order valence-electron chi connectivity index (χ0n) is 17.6. The van der Waals surface area contributed by atoms with Crippen molar-refractivity contribution in [2.75, 3.05) is 19.6 Å². The molecule has 1 fully saturated rings. The smallest absolute Gasteiger partial charge is 0.255 e. The summed E-state index contributed by atoms with van der Waals surface area (Å²) in [6.07, 6.45) is 8.69. The molecule has 0 aromatic carbocycles. The van der Waals surface area contributed by atoms with E-state index in [1.807, 2.05) is 62.9 Å². The van der Waals surface area contributed by atoms with Crippen LogP contribution in [0.25, 0.3) is 16.7 Å². The Hall–Kier alpha value is -2.70. The van der Waals surface area contributed by atoms with Crippen LogP contribution in [0.1, 0.15) is 58.3 Å². The normalized spacial score (nSPS) is 16.7. The lowest BCUT2D eigenvalue weighted by molar-refractivity contribution is -0.0494. The highest BCUT2D eigenvalue weighted by atomic mass is 19.3. The molecule has 5 nitrogen and oxygen atoms in total. The minimum absolute atomic E-state index is 0. The number of aromatic nitrogens is 2. The maximum atomic E-state index is 13.3. The number of allylic oxidation sites excluding steroid dienone is 2. The van der Waals surface area contributed by atoms with Crippen molar-refractivity contribution in [1.29, 1.82) is 0 Å². The Morgan fingerprint density at radius 1 is 1.17 bits per heavy atom. The highest BCUT2D eigenvalue weighted by Gasteiger charge is 2.35. The summed E-state index contributed by atoms with van der Waals surface area (Å²) in [5.74, 6) is -2.90. The number of halogens is 2. The molecule has 0 spiro atoms. The topological polar surface area (TPSA) is 50.2 Å². The van der Waals surface area contributed by atoms with E-state index in [1.54, 1.807) is 6.07 Å². The van der Waals surface area contributed by atoms with Gasteiger partial charge in [0.05, 0.1) is 12.1 Å². The fraction of sp³-hybridized carbons (Fsp3) is 0.478. The standard InChI is InChI=1S/C18H18F2N4O.2C2H6.CH4/c19-18(20)4-8-23(9-5-18)17(25)14-10-13-3-7-24(16(13)22-11-14)15-2-1-6-21-12-15;2*1-2;/h1-3,6-7,10-11,21H,4-5,8-9,12H2;2*1-2H3;1H4. The summed E-state index contributed by atoms with van der Waals surface area (Å²) >= 11 is 0. The summed E-state index contributed by atoms with van der Waals surface area (Å²) in [7, 11) is 0. The summed E-state index contributed by atoms with van der Waals surface area (Å²) in [5.41, 5.74) is 2.26. The van der Waals surface area contributed by atoms with Gasteiger partial charge >= 0.3 is 0 Å². The van der Waals surface area contributed by atoms with Gasteiger partial charge in [-0.1, -0.05) is 35.1 Å². The van der Waals surface area contributed by atoms with Gasteiger partial charge in [-0.3, -0.25) is 4.79 Å². The van der Waals surface area contributed by atoms with Crippen LogP contribution in [-0.2, 0) is 0 Å². The molecule has 7 heteroatoms. The van der Waals surface area contributed by atoms with Crippen LogP contribution in [0.3, 0.4) is 0 Å². The Kier molecular flexibility index (Phi) is 9.69. The second-order valence-corrected chi connectivity index (χ2v) is 6.37. The molecule has 166 valence electrons. The summed E-state index contributed by atoms with van der Waals surface area (Å²) in [5, 5.41) is 4.00. The van der Waals surface area contributed by atoms with Crippen molar-refractivity contribution in [3.63, 3.8) is 0 Å². The largest absolute Gasteiger partial charge is 0.385 e. The van der Waals surface area contributed by atoms with Gasteiger partial charge in [-0.25, -0.2) is 13.8 Å². The quantitative estimate of drug-likeness (QED) is 0.693. The number of likely N-dealkylation sites (tertiary alicyclic amines) is 1. The molecule has 2 aliphatic heterocycles. The van der Waals surface area contributed by atoms with Crippen LogP contribution in [0.5, 0.6) is 0 Å². The molecular weight excluding hydrogens is 386 g/mol. The van der Waals surface area contributed by atoms with Gasteiger partial charge in [0.2, 0.25) is 0 Å². The van der Waals surface area contributed by atoms with Gasteiger partial charge in [0.25, 0.3) is 11.8 Å². The Morgan fingerprint density at radius 2 is 1.83 bits per heavy atom. The zero-order valence-corrected chi connectivity index (χ0v) is 17.6. The number of pyridine rings is 1. The van der Waals surface area contributed by atoms with E-state index >= 15 is 0 Å². The van der Waals surface area contributed by atoms with Crippen molar-refractivity contribution in [2.24, 2.45) is 0 Å². The molecule has 0 bridgehead atoms. The van der Waals surface area contributed by atoms with Crippen molar-refractivity contribution in [2.45, 2.75) is 53.9 Å². The van der Waals surface area contributed by atoms with Gasteiger partial charge < -0.3 is 14.8 Å². The van der Waals surface area contributed by atoms with Crippen molar-refractivity contribution < 1.29 is 13.6 Å². The second kappa shape index (κ2) is 11.5. The van der Waals surface area contributed by atoms with Gasteiger partial charge in [0.15, 0.2) is 0 Å². The molecule has 0 saturated carbocycles. The van der Waals surface area contributed by atoms with E-state index in [-0.39, 0.29) is 39.3 Å². The van der Waals surface area contributed by atoms with Gasteiger partial charge in [0, 0.05) is 49.4 Å². The Morgan fingerprint density at radius 3 is 2.43 bits per heavy atom. The van der Waals surface area contributed by atoms with Crippen LogP contribution in [0.15, 0.2) is 42.9 Å². The van der Waals surface area contributed by atoms with E-state index in [0.29, 0.717) is 12.1 Å². The van der Waals surface area contributed by atoms with Gasteiger partial charge in [-0.2, -0.15) is 0 Å². The molecule has 1 saturated heterocycles. The number of amides is 1. The van der Waals surface area contributed by atoms with E-state index in [9.17, 15) is 13.6 Å². The van der Waals surface area contributed by atoms with Crippen molar-refractivity contribution >= 4 is 22.6 Å². The third-order valence-electron chi connectivity index (χ3n) is 4.65. The number of rotatable bonds is 2. The van der Waals surface area contributed by atoms with Crippen LogP contribution in [0, 0.1) is 0 Å².